The highest BCUT2D eigenvalue weighted by Crippen LogP contribution is 2.24. The molecule has 0 saturated carbocycles. The number of aryl methyl sites for hydroxylation is 1. The number of hydrogen-bond acceptors (Lipinski definition) is 2. The maximum absolute atomic E-state index is 13.9. The van der Waals surface area contributed by atoms with E-state index in [0.29, 0.717) is 17.7 Å². The van der Waals surface area contributed by atoms with Crippen LogP contribution in [0.3, 0.4) is 0 Å². The second kappa shape index (κ2) is 6.66. The molecule has 0 unspecified atom stereocenters. The largest absolute Gasteiger partial charge is 0.334 e. The summed E-state index contributed by atoms with van der Waals surface area (Å²) in [6.07, 6.45) is 0.263. The van der Waals surface area contributed by atoms with Crippen molar-refractivity contribution in [2.75, 3.05) is 6.54 Å². The second-order valence-electron chi connectivity index (χ2n) is 6.18. The molecular weight excluding hydrogens is 328 g/mol. The number of amides is 2. The van der Waals surface area contributed by atoms with Crippen LogP contribution in [-0.2, 0) is 26.6 Å². The van der Waals surface area contributed by atoms with E-state index in [0.717, 1.165) is 17.8 Å². The number of halogens is 2. The number of carbonyl (C=O) groups excluding carboxylic acids is 1. The van der Waals surface area contributed by atoms with Crippen LogP contribution in [0.4, 0.5) is 13.6 Å². The Bertz CT molecular complexity index is 893. The van der Waals surface area contributed by atoms with Gasteiger partial charge in [0.2, 0.25) is 0 Å². The molecule has 5 nitrogen and oxygen atoms in total. The number of aromatic nitrogens is 1. The molecule has 0 saturated heterocycles. The van der Waals surface area contributed by atoms with E-state index >= 15 is 0 Å². The normalized spacial score (nSPS) is 13.5. The Morgan fingerprint density at radius 1 is 1.16 bits per heavy atom. The second-order valence-corrected chi connectivity index (χ2v) is 6.18. The highest BCUT2D eigenvalue weighted by atomic mass is 19.1. The summed E-state index contributed by atoms with van der Waals surface area (Å²) in [5.41, 5.74) is 1.67. The van der Waals surface area contributed by atoms with Gasteiger partial charge < -0.3 is 14.8 Å². The molecule has 1 aromatic heterocycles. The number of carbonyl (C=O) groups is 1. The van der Waals surface area contributed by atoms with Gasteiger partial charge in [0.15, 0.2) is 0 Å². The number of nitrogens with zero attached hydrogens (tertiary/aromatic N) is 2. The maximum atomic E-state index is 13.9. The van der Waals surface area contributed by atoms with Gasteiger partial charge in [-0.1, -0.05) is 6.07 Å². The predicted molar refractivity (Wildman–Crippen MR) is 89.1 cm³/mol. The highest BCUT2D eigenvalue weighted by molar-refractivity contribution is 5.74. The fourth-order valence-electron chi connectivity index (χ4n) is 2.96. The number of nitrogens with one attached hydrogen (secondary N) is 1. The molecule has 2 amide bonds. The van der Waals surface area contributed by atoms with Crippen LogP contribution in [0.1, 0.15) is 22.4 Å². The number of hydrogen-bond donors (Lipinski definition) is 1. The van der Waals surface area contributed by atoms with E-state index in [9.17, 15) is 18.4 Å². The summed E-state index contributed by atoms with van der Waals surface area (Å²) in [6.45, 7) is 2.21. The first-order valence-corrected chi connectivity index (χ1v) is 8.02. The molecule has 2 heterocycles. The van der Waals surface area contributed by atoms with Crippen LogP contribution in [0.5, 0.6) is 0 Å². The van der Waals surface area contributed by atoms with Crippen molar-refractivity contribution in [1.29, 1.82) is 0 Å². The van der Waals surface area contributed by atoms with E-state index < -0.39 is 17.7 Å². The van der Waals surface area contributed by atoms with Crippen molar-refractivity contribution in [3.63, 3.8) is 0 Å². The standard InChI is InChI=1S/C18H19F2N3O2/c1-11-3-4-12(17(24)22(11)2)9-21-18(25)23-8-7-13-14(10-23)16(20)6-5-15(13)19/h3-6H,7-10H2,1-2H3,(H,21,25). The van der Waals surface area contributed by atoms with Crippen LogP contribution in [0.2, 0.25) is 0 Å². The molecule has 1 aliphatic rings. The van der Waals surface area contributed by atoms with E-state index in [1.165, 1.54) is 9.47 Å². The summed E-state index contributed by atoms with van der Waals surface area (Å²) in [5.74, 6) is -0.957. The lowest BCUT2D eigenvalue weighted by molar-refractivity contribution is 0.190. The van der Waals surface area contributed by atoms with Crippen LogP contribution in [0.15, 0.2) is 29.1 Å². The van der Waals surface area contributed by atoms with Gasteiger partial charge in [-0.2, -0.15) is 0 Å². The number of urea groups is 1. The minimum absolute atomic E-state index is 0.0106. The van der Waals surface area contributed by atoms with Crippen molar-refractivity contribution in [3.8, 4) is 0 Å². The molecule has 7 heteroatoms. The molecule has 0 bridgehead atoms. The van der Waals surface area contributed by atoms with Crippen molar-refractivity contribution >= 4 is 6.03 Å². The average Bonchev–Trinajstić information content (AvgIpc) is 2.62. The Labute approximate surface area is 143 Å². The molecule has 0 radical (unpaired) electrons. The van der Waals surface area contributed by atoms with Gasteiger partial charge >= 0.3 is 6.03 Å². The van der Waals surface area contributed by atoms with Gasteiger partial charge in [-0.25, -0.2) is 13.6 Å². The molecule has 2 aromatic rings. The van der Waals surface area contributed by atoms with E-state index in [-0.39, 0.29) is 30.6 Å². The van der Waals surface area contributed by atoms with Crippen LogP contribution < -0.4 is 10.9 Å². The van der Waals surface area contributed by atoms with E-state index in [1.807, 2.05) is 6.92 Å². The zero-order valence-corrected chi connectivity index (χ0v) is 14.1. The summed E-state index contributed by atoms with van der Waals surface area (Å²) in [4.78, 5) is 25.9. The van der Waals surface area contributed by atoms with Crippen molar-refractivity contribution in [2.24, 2.45) is 7.05 Å². The fraction of sp³-hybridized carbons (Fsp3) is 0.333. The Balaban J connectivity index is 1.70. The fourth-order valence-corrected chi connectivity index (χ4v) is 2.96. The molecule has 1 N–H and O–H groups in total. The van der Waals surface area contributed by atoms with Gasteiger partial charge in [0.05, 0.1) is 6.54 Å². The van der Waals surface area contributed by atoms with Gasteiger partial charge in [-0.3, -0.25) is 4.79 Å². The van der Waals surface area contributed by atoms with Crippen molar-refractivity contribution in [1.82, 2.24) is 14.8 Å². The average molecular weight is 347 g/mol. The molecular formula is C18H19F2N3O2. The zero-order valence-electron chi connectivity index (χ0n) is 14.1. The van der Waals surface area contributed by atoms with Crippen LogP contribution >= 0.6 is 0 Å². The molecule has 0 spiro atoms. The van der Waals surface area contributed by atoms with Crippen LogP contribution in [0, 0.1) is 18.6 Å². The zero-order chi connectivity index (χ0) is 18.1. The van der Waals surface area contributed by atoms with Gasteiger partial charge in [0, 0.05) is 37.0 Å². The maximum Gasteiger partial charge on any atom is 0.317 e. The SMILES string of the molecule is Cc1ccc(CNC(=O)N2CCc3c(F)ccc(F)c3C2)c(=O)n1C. The monoisotopic (exact) mass is 347 g/mol. The predicted octanol–water partition coefficient (Wildman–Crippen LogP) is 2.24. The third-order valence-electron chi connectivity index (χ3n) is 4.65. The molecule has 0 fully saturated rings. The van der Waals surface area contributed by atoms with Crippen LogP contribution in [-0.4, -0.2) is 22.0 Å². The van der Waals surface area contributed by atoms with Gasteiger partial charge in [-0.15, -0.1) is 0 Å². The Hall–Kier alpha value is -2.70. The third kappa shape index (κ3) is 3.26. The van der Waals surface area contributed by atoms with Gasteiger partial charge in [0.1, 0.15) is 11.6 Å². The lowest BCUT2D eigenvalue weighted by atomic mass is 9.99. The quantitative estimate of drug-likeness (QED) is 0.906. The van der Waals surface area contributed by atoms with Crippen molar-refractivity contribution in [2.45, 2.75) is 26.4 Å². The number of fused-ring (bicyclic) bond motifs is 1. The summed E-state index contributed by atoms with van der Waals surface area (Å²) in [7, 11) is 1.67. The molecule has 1 aromatic carbocycles. The molecule has 25 heavy (non-hydrogen) atoms. The van der Waals surface area contributed by atoms with Crippen molar-refractivity contribution in [3.05, 3.63) is 68.6 Å². The van der Waals surface area contributed by atoms with Gasteiger partial charge in [-0.05, 0) is 37.1 Å². The first kappa shape index (κ1) is 17.1. The minimum atomic E-state index is -0.513. The molecule has 132 valence electrons. The van der Waals surface area contributed by atoms with E-state index in [1.54, 1.807) is 19.2 Å². The summed E-state index contributed by atoms with van der Waals surface area (Å²) < 4.78 is 29.2. The number of pyridine rings is 1. The molecule has 1 aliphatic heterocycles. The first-order chi connectivity index (χ1) is 11.9. The topological polar surface area (TPSA) is 54.3 Å². The molecule has 3 rings (SSSR count). The third-order valence-corrected chi connectivity index (χ3v) is 4.65. The minimum Gasteiger partial charge on any atom is -0.334 e. The van der Waals surface area contributed by atoms with Gasteiger partial charge in [0.25, 0.3) is 5.56 Å². The summed E-state index contributed by atoms with van der Waals surface area (Å²) in [5, 5.41) is 2.68. The molecule has 0 aliphatic carbocycles. The Morgan fingerprint density at radius 2 is 1.84 bits per heavy atom. The first-order valence-electron chi connectivity index (χ1n) is 8.02. The van der Waals surface area contributed by atoms with E-state index in [4.69, 9.17) is 0 Å². The molecule has 0 atom stereocenters. The van der Waals surface area contributed by atoms with Crippen LogP contribution in [0.25, 0.3) is 0 Å². The summed E-state index contributed by atoms with van der Waals surface area (Å²) in [6, 6.07) is 5.26. The van der Waals surface area contributed by atoms with Crippen molar-refractivity contribution < 1.29 is 13.6 Å². The summed E-state index contributed by atoms with van der Waals surface area (Å²) >= 11 is 0. The Morgan fingerprint density at radius 3 is 2.56 bits per heavy atom. The smallest absolute Gasteiger partial charge is 0.317 e. The Kier molecular flexibility index (Phi) is 4.57. The number of benzene rings is 1. The lowest BCUT2D eigenvalue weighted by Crippen LogP contribution is -2.43. The highest BCUT2D eigenvalue weighted by Gasteiger charge is 2.25. The lowest BCUT2D eigenvalue weighted by Gasteiger charge is -2.29. The van der Waals surface area contributed by atoms with E-state index in [2.05, 4.69) is 5.32 Å². The number of rotatable bonds is 2.